The molecule has 0 spiro atoms. The van der Waals surface area contributed by atoms with Gasteiger partial charge >= 0.3 is 6.01 Å². The quantitative estimate of drug-likeness (QED) is 0.146. The number of fused-ring (bicyclic) bond motifs is 9. The number of allylic oxidation sites excluding steroid dienone is 1. The Morgan fingerprint density at radius 3 is 1.25 bits per heavy atom. The van der Waals surface area contributed by atoms with Crippen LogP contribution in [0.1, 0.15) is 79.4 Å². The van der Waals surface area contributed by atoms with Crippen LogP contribution in [0, 0.1) is 13.8 Å². The van der Waals surface area contributed by atoms with Crippen LogP contribution in [0.3, 0.4) is 0 Å². The minimum atomic E-state index is -0.741. The van der Waals surface area contributed by atoms with Gasteiger partial charge in [-0.1, -0.05) is 215 Å². The van der Waals surface area contributed by atoms with Crippen molar-refractivity contribution in [2.45, 2.75) is 37.1 Å². The van der Waals surface area contributed by atoms with Crippen LogP contribution in [0.25, 0.3) is 44.5 Å². The summed E-state index contributed by atoms with van der Waals surface area (Å²) >= 11 is 0. The van der Waals surface area contributed by atoms with E-state index in [-0.39, 0.29) is 0 Å². The van der Waals surface area contributed by atoms with Gasteiger partial charge in [-0.05, 0) is 127 Å². The Morgan fingerprint density at radius 2 is 0.778 bits per heavy atom. The summed E-state index contributed by atoms with van der Waals surface area (Å²) in [5, 5.41) is 0. The molecule has 0 N–H and O–H groups in total. The third-order valence-electron chi connectivity index (χ3n) is 16.6. The lowest BCUT2D eigenvalue weighted by molar-refractivity contribution is -0.533. The minimum Gasteiger partial charge on any atom is -0.260 e. The Bertz CT molecular complexity index is 3890. The van der Waals surface area contributed by atoms with Gasteiger partial charge in [-0.3, -0.25) is 4.98 Å². The fourth-order valence-electron chi connectivity index (χ4n) is 13.7. The predicted octanol–water partition coefficient (Wildman–Crippen LogP) is 15.1. The molecule has 10 aromatic rings. The summed E-state index contributed by atoms with van der Waals surface area (Å²) in [6.07, 6.45) is 4.30. The first-order chi connectivity index (χ1) is 35.4. The molecule has 0 saturated heterocycles. The summed E-state index contributed by atoms with van der Waals surface area (Å²) < 4.78 is 4.46. The molecule has 0 saturated carbocycles. The van der Waals surface area contributed by atoms with Crippen molar-refractivity contribution in [1.29, 1.82) is 0 Å². The van der Waals surface area contributed by atoms with Crippen molar-refractivity contribution in [2.75, 3.05) is 7.05 Å². The SMILES string of the molecule is CC1=C[N+](C2(c3cccc(C4(c5cccc(C6(c7cc(-c8c(C)cccc8C)ccn7)c7ccccc7-c7ccccc76)c5)c5ccccc5-c5ccccc54)c3)c3ccccc3-c3ccccc32)=C=[N+]1C. The molecule has 0 unspecified atom stereocenters. The van der Waals surface area contributed by atoms with E-state index >= 15 is 0 Å². The Balaban J connectivity index is 1.08. The summed E-state index contributed by atoms with van der Waals surface area (Å²) in [6, 6.07) is 88.3. The van der Waals surface area contributed by atoms with Crippen molar-refractivity contribution in [3.05, 3.63) is 315 Å². The molecule has 3 aliphatic carbocycles. The van der Waals surface area contributed by atoms with Crippen molar-refractivity contribution < 1.29 is 9.15 Å². The lowest BCUT2D eigenvalue weighted by atomic mass is 9.64. The van der Waals surface area contributed by atoms with E-state index in [0.717, 1.165) is 11.4 Å². The third-order valence-corrected chi connectivity index (χ3v) is 16.6. The van der Waals surface area contributed by atoms with Crippen LogP contribution >= 0.6 is 0 Å². The minimum absolute atomic E-state index is 0.705. The molecule has 3 nitrogen and oxygen atoms in total. The Morgan fingerprint density at radius 1 is 0.389 bits per heavy atom. The molecule has 340 valence electrons. The number of nitrogens with zero attached hydrogens (tertiary/aromatic N) is 3. The van der Waals surface area contributed by atoms with Crippen LogP contribution in [0.4, 0.5) is 0 Å². The van der Waals surface area contributed by atoms with E-state index in [4.69, 9.17) is 4.98 Å². The molecule has 72 heavy (non-hydrogen) atoms. The van der Waals surface area contributed by atoms with Gasteiger partial charge in [-0.25, -0.2) is 0 Å². The van der Waals surface area contributed by atoms with Gasteiger partial charge in [0.2, 0.25) is 0 Å². The molecule has 2 heterocycles. The monoisotopic (exact) mass is 921 g/mol. The van der Waals surface area contributed by atoms with Crippen molar-refractivity contribution in [3.8, 4) is 44.5 Å². The van der Waals surface area contributed by atoms with Crippen LogP contribution in [0.5, 0.6) is 0 Å². The number of benzene rings is 9. The zero-order chi connectivity index (χ0) is 48.3. The number of hydrogen-bond acceptors (Lipinski definition) is 1. The summed E-state index contributed by atoms with van der Waals surface area (Å²) in [4.78, 5) is 5.46. The highest BCUT2D eigenvalue weighted by atomic mass is 15.2. The van der Waals surface area contributed by atoms with Gasteiger partial charge < -0.3 is 0 Å². The number of pyridine rings is 1. The highest BCUT2D eigenvalue weighted by Gasteiger charge is 2.57. The Labute approximate surface area is 421 Å². The second-order valence-corrected chi connectivity index (χ2v) is 20.1. The molecule has 9 aromatic carbocycles. The lowest BCUT2D eigenvalue weighted by Gasteiger charge is -2.37. The van der Waals surface area contributed by atoms with E-state index in [1.165, 1.54) is 111 Å². The molecule has 3 heteroatoms. The number of hydrogen-bond donors (Lipinski definition) is 0. The van der Waals surface area contributed by atoms with Gasteiger partial charge in [0.05, 0.1) is 16.5 Å². The molecular weight excluding hydrogens is 871 g/mol. The summed E-state index contributed by atoms with van der Waals surface area (Å²) in [7, 11) is 2.10. The molecule has 0 radical (unpaired) electrons. The second kappa shape index (κ2) is 15.6. The van der Waals surface area contributed by atoms with Gasteiger partial charge in [0.15, 0.2) is 7.05 Å². The van der Waals surface area contributed by atoms with Crippen molar-refractivity contribution in [1.82, 2.24) is 4.98 Å². The molecule has 0 amide bonds. The molecule has 14 rings (SSSR count). The Kier molecular flexibility index (Phi) is 9.15. The van der Waals surface area contributed by atoms with Crippen LogP contribution < -0.4 is 0 Å². The predicted molar refractivity (Wildman–Crippen MR) is 291 cm³/mol. The average Bonchev–Trinajstić information content (AvgIpc) is 4.13. The van der Waals surface area contributed by atoms with E-state index in [1.807, 2.05) is 6.20 Å². The van der Waals surface area contributed by atoms with Gasteiger partial charge in [-0.15, -0.1) is 0 Å². The van der Waals surface area contributed by atoms with Crippen molar-refractivity contribution >= 4 is 6.01 Å². The zero-order valence-corrected chi connectivity index (χ0v) is 40.9. The maximum Gasteiger partial charge on any atom is 0.490 e. The van der Waals surface area contributed by atoms with E-state index in [1.54, 1.807) is 0 Å². The second-order valence-electron chi connectivity index (χ2n) is 20.1. The molecule has 4 aliphatic rings. The van der Waals surface area contributed by atoms with Crippen LogP contribution in [0.15, 0.2) is 243 Å². The summed E-state index contributed by atoms with van der Waals surface area (Å²) in [6.45, 7) is 6.61. The topological polar surface area (TPSA) is 18.9 Å². The largest absolute Gasteiger partial charge is 0.490 e. The first-order valence-corrected chi connectivity index (χ1v) is 25.2. The van der Waals surface area contributed by atoms with Crippen LogP contribution in [0.2, 0.25) is 0 Å². The maximum absolute atomic E-state index is 5.46. The first kappa shape index (κ1) is 42.2. The number of aryl methyl sites for hydroxylation is 2. The van der Waals surface area contributed by atoms with Gasteiger partial charge in [-0.2, -0.15) is 0 Å². The van der Waals surface area contributed by atoms with Gasteiger partial charge in [0.1, 0.15) is 0 Å². The van der Waals surface area contributed by atoms with Crippen LogP contribution in [-0.2, 0) is 16.4 Å². The molecule has 1 aromatic heterocycles. The molecule has 1 aliphatic heterocycles. The maximum atomic E-state index is 5.46. The fraction of sp³-hybridized carbons (Fsp3) is 0.101. The van der Waals surface area contributed by atoms with Crippen molar-refractivity contribution in [3.63, 3.8) is 0 Å². The lowest BCUT2D eigenvalue weighted by Crippen LogP contribution is -2.38. The van der Waals surface area contributed by atoms with Crippen LogP contribution in [-0.4, -0.2) is 27.2 Å². The van der Waals surface area contributed by atoms with Crippen molar-refractivity contribution in [2.24, 2.45) is 0 Å². The van der Waals surface area contributed by atoms with E-state index in [9.17, 15) is 0 Å². The highest BCUT2D eigenvalue weighted by molar-refractivity contribution is 5.89. The highest BCUT2D eigenvalue weighted by Crippen LogP contribution is 2.61. The molecule has 0 bridgehead atoms. The zero-order valence-electron chi connectivity index (χ0n) is 40.9. The summed E-state index contributed by atoms with van der Waals surface area (Å²) in [5.41, 5.74) is 24.7. The van der Waals surface area contributed by atoms with E-state index in [0.29, 0.717) is 0 Å². The van der Waals surface area contributed by atoms with Gasteiger partial charge in [0.25, 0.3) is 17.4 Å². The normalized spacial score (nSPS) is 15.6. The fourth-order valence-corrected chi connectivity index (χ4v) is 13.7. The number of rotatable bonds is 7. The molecule has 0 fully saturated rings. The summed E-state index contributed by atoms with van der Waals surface area (Å²) in [5.74, 6) is 0. The van der Waals surface area contributed by atoms with E-state index < -0.39 is 16.4 Å². The molecular formula is C69H51N3+2. The standard InChI is InChI=1S/C69H51N3/c1-45-20-17-21-46(2)66(45)48-38-39-70-65(40-48)68(61-34-13-7-28-55(61)56-29-8-14-35-62(56)68)51-24-18-22-49(41-51)67(59-32-11-5-26-53(59)54-27-6-12-33-60(54)67)50-23-19-25-52(42-50)69(72-43-47(3)71(4)44-72)63-36-15-9-30-57(63)58-31-10-16-37-64(58)69/h5-43H,1-4H3/q+2. The average molecular weight is 922 g/mol. The Hall–Kier alpha value is -8.75. The molecule has 0 atom stereocenters. The van der Waals surface area contributed by atoms with E-state index in [2.05, 4.69) is 274 Å². The van der Waals surface area contributed by atoms with Gasteiger partial charge in [0, 0.05) is 29.8 Å². The third kappa shape index (κ3) is 5.49. The number of aromatic nitrogens is 1. The smallest absolute Gasteiger partial charge is 0.260 e. The first-order valence-electron chi connectivity index (χ1n) is 25.2.